The monoisotopic (exact) mass is 570 g/mol. The summed E-state index contributed by atoms with van der Waals surface area (Å²) < 4.78 is 41.8. The van der Waals surface area contributed by atoms with Crippen LogP contribution in [0.2, 0.25) is 0 Å². The first-order valence-corrected chi connectivity index (χ1v) is 14.5. The Morgan fingerprint density at radius 2 is 0.775 bits per heavy atom. The molecular weight excluding hydrogens is 546 g/mol. The van der Waals surface area contributed by atoms with Crippen LogP contribution in [0.15, 0.2) is 140 Å². The summed E-state index contributed by atoms with van der Waals surface area (Å²) in [5.74, 6) is 1.98. The Hall–Kier alpha value is -4.57. The Labute approximate surface area is 233 Å². The fourth-order valence-electron chi connectivity index (χ4n) is 3.52. The average Bonchev–Trinajstić information content (AvgIpc) is 2.99. The quantitative estimate of drug-likeness (QED) is 0.110. The second kappa shape index (κ2) is 13.0. The van der Waals surface area contributed by atoms with Crippen LogP contribution >= 0.6 is 16.9 Å². The topological polar surface area (TPSA) is 80.3 Å². The van der Waals surface area contributed by atoms with Crippen LogP contribution in [0.4, 0.5) is 0 Å². The van der Waals surface area contributed by atoms with E-state index in [-0.39, 0.29) is 20.6 Å². The van der Waals surface area contributed by atoms with Gasteiger partial charge in [-0.1, -0.05) is 54.6 Å². The van der Waals surface area contributed by atoms with Gasteiger partial charge < -0.3 is 22.6 Å². The Bertz CT molecular complexity index is 1520. The van der Waals surface area contributed by atoms with Crippen molar-refractivity contribution in [2.24, 2.45) is 0 Å². The van der Waals surface area contributed by atoms with Crippen LogP contribution in [-0.2, 0) is 4.57 Å². The molecule has 0 heterocycles. The number of carbonyl (C=O) groups is 1. The highest BCUT2D eigenvalue weighted by Gasteiger charge is 2.33. The van der Waals surface area contributed by atoms with Crippen LogP contribution in [0.1, 0.15) is 15.9 Å². The summed E-state index contributed by atoms with van der Waals surface area (Å²) in [6, 6.07) is 39.7. The van der Waals surface area contributed by atoms with Gasteiger partial charge in [-0.2, -0.15) is 4.57 Å². The minimum Gasteiger partial charge on any atom is -0.441 e. The molecule has 5 aromatic carbocycles. The minimum absolute atomic E-state index is 0.190. The number of rotatable bonds is 12. The first-order chi connectivity index (χ1) is 19.6. The maximum absolute atomic E-state index is 13.6. The van der Waals surface area contributed by atoms with E-state index in [4.69, 9.17) is 22.6 Å². The summed E-state index contributed by atoms with van der Waals surface area (Å²) in [5, 5.41) is 0. The molecular formula is C31H24O7P2. The van der Waals surface area contributed by atoms with Gasteiger partial charge in [0.05, 0.1) is 0 Å². The summed E-state index contributed by atoms with van der Waals surface area (Å²) in [6.07, 6.45) is 0. The first kappa shape index (κ1) is 27.0. The van der Waals surface area contributed by atoms with Gasteiger partial charge in [0.2, 0.25) is 0 Å². The lowest BCUT2D eigenvalue weighted by Gasteiger charge is -2.19. The number of benzene rings is 5. The second-order valence-electron chi connectivity index (χ2n) is 8.33. The summed E-state index contributed by atoms with van der Waals surface area (Å²) >= 11 is 0. The van der Waals surface area contributed by atoms with Crippen molar-refractivity contribution in [1.29, 1.82) is 0 Å². The third-order valence-electron chi connectivity index (χ3n) is 5.43. The molecule has 9 heteroatoms. The molecule has 1 atom stereocenters. The van der Waals surface area contributed by atoms with Gasteiger partial charge in [-0.15, -0.1) is 0 Å². The zero-order chi connectivity index (χ0) is 27.6. The lowest BCUT2D eigenvalue weighted by molar-refractivity contribution is 0.103. The van der Waals surface area contributed by atoms with Crippen molar-refractivity contribution in [1.82, 2.24) is 0 Å². The van der Waals surface area contributed by atoms with Crippen molar-refractivity contribution in [2.45, 2.75) is 0 Å². The molecule has 0 radical (unpaired) electrons. The zero-order valence-electron chi connectivity index (χ0n) is 21.1. The summed E-state index contributed by atoms with van der Waals surface area (Å²) in [6.45, 7) is 0. The van der Waals surface area contributed by atoms with Gasteiger partial charge in [0, 0.05) is 11.1 Å². The number of carbonyl (C=O) groups excluding carboxylic acids is 1. The van der Waals surface area contributed by atoms with Crippen LogP contribution < -0.4 is 22.6 Å². The number of hydrogen-bond donors (Lipinski definition) is 0. The molecule has 200 valence electrons. The Balaban J connectivity index is 1.23. The molecule has 0 aliphatic carbocycles. The first-order valence-electron chi connectivity index (χ1n) is 12.2. The Morgan fingerprint density at radius 3 is 1.20 bits per heavy atom. The van der Waals surface area contributed by atoms with Gasteiger partial charge in [-0.05, 0) is 84.9 Å². The van der Waals surface area contributed by atoms with Crippen molar-refractivity contribution >= 4 is 22.6 Å². The Morgan fingerprint density at radius 1 is 0.450 bits per heavy atom. The number of para-hydroxylation sites is 3. The number of hydrogen-bond acceptors (Lipinski definition) is 7. The molecule has 0 amide bonds. The number of phosphoric ester groups is 1. The van der Waals surface area contributed by atoms with E-state index in [1.54, 1.807) is 97.1 Å². The second-order valence-corrected chi connectivity index (χ2v) is 10.3. The summed E-state index contributed by atoms with van der Waals surface area (Å²) in [4.78, 5) is 13.0. The highest BCUT2D eigenvalue weighted by Crippen LogP contribution is 2.49. The van der Waals surface area contributed by atoms with E-state index in [2.05, 4.69) is 0 Å². The molecule has 0 N–H and O–H groups in total. The van der Waals surface area contributed by atoms with Crippen LogP contribution in [-0.4, -0.2) is 5.78 Å². The van der Waals surface area contributed by atoms with Crippen LogP contribution in [0, 0.1) is 0 Å². The van der Waals surface area contributed by atoms with Crippen molar-refractivity contribution < 1.29 is 32.0 Å². The van der Waals surface area contributed by atoms with Crippen molar-refractivity contribution in [2.75, 3.05) is 0 Å². The van der Waals surface area contributed by atoms with Gasteiger partial charge in [0.15, 0.2) is 5.78 Å². The third kappa shape index (κ3) is 7.51. The van der Waals surface area contributed by atoms with E-state index in [1.807, 2.05) is 42.5 Å². The van der Waals surface area contributed by atoms with Crippen LogP contribution in [0.5, 0.6) is 28.7 Å². The van der Waals surface area contributed by atoms with Crippen molar-refractivity contribution in [3.05, 3.63) is 151 Å². The standard InChI is InChI=1S/C31H24O7P2/c32-31(24-16-20-27(21-17-24)35-39-34-26-10-4-1-5-11-26)25-18-22-30(23-19-25)38-40(33,36-28-12-6-2-7-13-28)37-29-14-8-3-9-15-29/h1-23,39H. The van der Waals surface area contributed by atoms with Gasteiger partial charge in [0.25, 0.3) is 9.03 Å². The fourth-order valence-corrected chi connectivity index (χ4v) is 5.28. The molecule has 7 nitrogen and oxygen atoms in total. The molecule has 5 rings (SSSR count). The highest BCUT2D eigenvalue weighted by atomic mass is 31.2. The molecule has 0 fully saturated rings. The SMILES string of the molecule is O=C(c1ccc(OPOc2ccccc2)cc1)c1ccc(OP(=O)(Oc2ccccc2)Oc2ccccc2)cc1. The van der Waals surface area contributed by atoms with Crippen LogP contribution in [0.3, 0.4) is 0 Å². The predicted octanol–water partition coefficient (Wildman–Crippen LogP) is 8.53. The van der Waals surface area contributed by atoms with Gasteiger partial charge in [-0.3, -0.25) is 4.79 Å². The van der Waals surface area contributed by atoms with E-state index < -0.39 is 7.82 Å². The van der Waals surface area contributed by atoms with E-state index in [1.165, 1.54) is 0 Å². The van der Waals surface area contributed by atoms with E-state index in [9.17, 15) is 9.36 Å². The highest BCUT2D eigenvalue weighted by molar-refractivity contribution is 7.49. The molecule has 40 heavy (non-hydrogen) atoms. The zero-order valence-corrected chi connectivity index (χ0v) is 23.0. The van der Waals surface area contributed by atoms with Crippen molar-refractivity contribution in [3.63, 3.8) is 0 Å². The summed E-state index contributed by atoms with van der Waals surface area (Å²) in [7, 11) is -4.34. The molecule has 0 spiro atoms. The van der Waals surface area contributed by atoms with Gasteiger partial charge in [-0.25, -0.2) is 0 Å². The summed E-state index contributed by atoms with van der Waals surface area (Å²) in [5.41, 5.74) is 0.914. The normalized spacial score (nSPS) is 11.1. The molecule has 0 aliphatic heterocycles. The fraction of sp³-hybridized carbons (Fsp3) is 0. The van der Waals surface area contributed by atoms with E-state index in [0.29, 0.717) is 28.4 Å². The molecule has 0 bridgehead atoms. The van der Waals surface area contributed by atoms with Crippen molar-refractivity contribution in [3.8, 4) is 28.7 Å². The smallest absolute Gasteiger partial charge is 0.441 e. The molecule has 5 aromatic rings. The molecule has 0 aliphatic rings. The number of ketones is 1. The predicted molar refractivity (Wildman–Crippen MR) is 155 cm³/mol. The molecule has 0 aromatic heterocycles. The maximum Gasteiger partial charge on any atom is 0.647 e. The molecule has 0 saturated carbocycles. The third-order valence-corrected chi connectivity index (χ3v) is 7.37. The Kier molecular flexibility index (Phi) is 8.77. The molecule has 0 saturated heterocycles. The maximum atomic E-state index is 13.6. The van der Waals surface area contributed by atoms with Crippen LogP contribution in [0.25, 0.3) is 0 Å². The largest absolute Gasteiger partial charge is 0.647 e. The van der Waals surface area contributed by atoms with Gasteiger partial charge in [0.1, 0.15) is 28.7 Å². The number of phosphoric acid groups is 1. The lowest BCUT2D eigenvalue weighted by Crippen LogP contribution is -2.08. The van der Waals surface area contributed by atoms with E-state index >= 15 is 0 Å². The van der Waals surface area contributed by atoms with E-state index in [0.717, 1.165) is 5.75 Å². The lowest BCUT2D eigenvalue weighted by atomic mass is 10.0. The average molecular weight is 570 g/mol. The minimum atomic E-state index is -4.13. The van der Waals surface area contributed by atoms with Gasteiger partial charge >= 0.3 is 7.82 Å². The molecule has 1 unspecified atom stereocenters.